The van der Waals surface area contributed by atoms with Gasteiger partial charge in [0.2, 0.25) is 6.79 Å². The molecule has 3 rings (SSSR count). The Labute approximate surface area is 122 Å². The van der Waals surface area contributed by atoms with Gasteiger partial charge >= 0.3 is 0 Å². The number of hydrogen-bond acceptors (Lipinski definition) is 4. The minimum atomic E-state index is -0.155. The van der Waals surface area contributed by atoms with Gasteiger partial charge in [-0.1, -0.05) is 18.2 Å². The summed E-state index contributed by atoms with van der Waals surface area (Å²) in [6.45, 7) is 0.723. The highest BCUT2D eigenvalue weighted by atomic mass is 16.7. The fraction of sp³-hybridized carbons (Fsp3) is 0.188. The van der Waals surface area contributed by atoms with Gasteiger partial charge in [0.05, 0.1) is 0 Å². The highest BCUT2D eigenvalue weighted by Gasteiger charge is 2.15. The molecule has 0 aromatic heterocycles. The van der Waals surface area contributed by atoms with Gasteiger partial charge < -0.3 is 20.5 Å². The van der Waals surface area contributed by atoms with Crippen molar-refractivity contribution >= 4 is 11.6 Å². The van der Waals surface area contributed by atoms with E-state index in [0.717, 1.165) is 5.56 Å². The largest absolute Gasteiger partial charge is 0.454 e. The van der Waals surface area contributed by atoms with E-state index in [2.05, 4.69) is 5.32 Å². The topological polar surface area (TPSA) is 73.6 Å². The van der Waals surface area contributed by atoms with Crippen molar-refractivity contribution in [1.29, 1.82) is 0 Å². The number of ether oxygens (including phenoxy) is 2. The molecule has 1 aliphatic heterocycles. The highest BCUT2D eigenvalue weighted by Crippen LogP contribution is 2.34. The number of amides is 1. The van der Waals surface area contributed by atoms with E-state index >= 15 is 0 Å². The standard InChI is InChI=1S/C16H16N2O3/c17-8-7-11-3-1-2-4-13(11)16(19)18-12-5-6-14-15(9-12)21-10-20-14/h1-6,9H,7-8,10,17H2,(H,18,19). The number of carbonyl (C=O) groups excluding carboxylic acids is 1. The SMILES string of the molecule is NCCc1ccccc1C(=O)Nc1ccc2c(c1)OCO2. The summed E-state index contributed by atoms with van der Waals surface area (Å²) in [6.07, 6.45) is 0.671. The summed E-state index contributed by atoms with van der Waals surface area (Å²) in [5.74, 6) is 1.18. The Morgan fingerprint density at radius 2 is 1.95 bits per heavy atom. The average molecular weight is 284 g/mol. The fourth-order valence-electron chi connectivity index (χ4n) is 2.29. The third kappa shape index (κ3) is 2.83. The lowest BCUT2D eigenvalue weighted by molar-refractivity contribution is 0.102. The van der Waals surface area contributed by atoms with Gasteiger partial charge in [0.25, 0.3) is 5.91 Å². The fourth-order valence-corrected chi connectivity index (χ4v) is 2.29. The number of hydrogen-bond donors (Lipinski definition) is 2. The zero-order valence-electron chi connectivity index (χ0n) is 11.5. The molecular weight excluding hydrogens is 268 g/mol. The summed E-state index contributed by atoms with van der Waals surface area (Å²) in [4.78, 5) is 12.4. The number of fused-ring (bicyclic) bond motifs is 1. The van der Waals surface area contributed by atoms with Gasteiger partial charge in [-0.05, 0) is 36.7 Å². The van der Waals surface area contributed by atoms with Crippen LogP contribution in [0.2, 0.25) is 0 Å². The smallest absolute Gasteiger partial charge is 0.255 e. The highest BCUT2D eigenvalue weighted by molar-refractivity contribution is 6.05. The molecule has 0 fully saturated rings. The van der Waals surface area contributed by atoms with Crippen LogP contribution in [-0.4, -0.2) is 19.2 Å². The van der Waals surface area contributed by atoms with Gasteiger partial charge in [-0.25, -0.2) is 0 Å². The molecule has 3 N–H and O–H groups in total. The summed E-state index contributed by atoms with van der Waals surface area (Å²) in [5, 5.41) is 2.87. The summed E-state index contributed by atoms with van der Waals surface area (Å²) in [7, 11) is 0. The molecule has 108 valence electrons. The second kappa shape index (κ2) is 5.85. The zero-order chi connectivity index (χ0) is 14.7. The van der Waals surface area contributed by atoms with Crippen LogP contribution in [0.5, 0.6) is 11.5 Å². The van der Waals surface area contributed by atoms with Gasteiger partial charge in [-0.15, -0.1) is 0 Å². The maximum Gasteiger partial charge on any atom is 0.255 e. The minimum Gasteiger partial charge on any atom is -0.454 e. The van der Waals surface area contributed by atoms with Crippen molar-refractivity contribution in [3.05, 3.63) is 53.6 Å². The Hall–Kier alpha value is -2.53. The first-order valence-corrected chi connectivity index (χ1v) is 6.77. The monoisotopic (exact) mass is 284 g/mol. The lowest BCUT2D eigenvalue weighted by Gasteiger charge is -2.10. The maximum atomic E-state index is 12.4. The predicted octanol–water partition coefficient (Wildman–Crippen LogP) is 2.17. The second-order valence-electron chi connectivity index (χ2n) is 4.72. The predicted molar refractivity (Wildman–Crippen MR) is 79.7 cm³/mol. The van der Waals surface area contributed by atoms with Crippen molar-refractivity contribution in [2.45, 2.75) is 6.42 Å². The molecule has 0 unspecified atom stereocenters. The third-order valence-corrected chi connectivity index (χ3v) is 3.31. The molecule has 5 heteroatoms. The molecule has 1 amide bonds. The Bertz CT molecular complexity index is 670. The van der Waals surface area contributed by atoms with Gasteiger partial charge in [0.15, 0.2) is 11.5 Å². The van der Waals surface area contributed by atoms with Crippen LogP contribution in [-0.2, 0) is 6.42 Å². The minimum absolute atomic E-state index is 0.155. The molecular formula is C16H16N2O3. The van der Waals surface area contributed by atoms with E-state index in [0.29, 0.717) is 35.7 Å². The summed E-state index contributed by atoms with van der Waals surface area (Å²) < 4.78 is 10.5. The van der Waals surface area contributed by atoms with Crippen LogP contribution in [0.15, 0.2) is 42.5 Å². The van der Waals surface area contributed by atoms with Crippen LogP contribution in [0.1, 0.15) is 15.9 Å². The first-order valence-electron chi connectivity index (χ1n) is 6.77. The molecule has 1 aliphatic rings. The lowest BCUT2D eigenvalue weighted by atomic mass is 10.0. The van der Waals surface area contributed by atoms with Crippen molar-refractivity contribution in [1.82, 2.24) is 0 Å². The molecule has 0 radical (unpaired) electrons. The number of rotatable bonds is 4. The van der Waals surface area contributed by atoms with Crippen LogP contribution >= 0.6 is 0 Å². The molecule has 0 bridgehead atoms. The van der Waals surface area contributed by atoms with E-state index in [9.17, 15) is 4.79 Å². The lowest BCUT2D eigenvalue weighted by Crippen LogP contribution is -2.15. The van der Waals surface area contributed by atoms with Crippen molar-refractivity contribution in [2.75, 3.05) is 18.7 Å². The van der Waals surface area contributed by atoms with E-state index in [1.807, 2.05) is 18.2 Å². The Balaban J connectivity index is 1.80. The van der Waals surface area contributed by atoms with Crippen LogP contribution in [0.4, 0.5) is 5.69 Å². The van der Waals surface area contributed by atoms with Crippen molar-refractivity contribution in [2.24, 2.45) is 5.73 Å². The van der Waals surface area contributed by atoms with E-state index in [1.54, 1.807) is 24.3 Å². The second-order valence-corrected chi connectivity index (χ2v) is 4.72. The van der Waals surface area contributed by atoms with Crippen LogP contribution in [0, 0.1) is 0 Å². The van der Waals surface area contributed by atoms with E-state index in [4.69, 9.17) is 15.2 Å². The van der Waals surface area contributed by atoms with Crippen LogP contribution < -0.4 is 20.5 Å². The first-order chi connectivity index (χ1) is 10.3. The van der Waals surface area contributed by atoms with Crippen molar-refractivity contribution < 1.29 is 14.3 Å². The molecule has 0 atom stereocenters. The summed E-state index contributed by atoms with van der Waals surface area (Å²) in [5.41, 5.74) is 7.84. The zero-order valence-corrected chi connectivity index (χ0v) is 11.5. The van der Waals surface area contributed by atoms with Crippen LogP contribution in [0.3, 0.4) is 0 Å². The molecule has 5 nitrogen and oxygen atoms in total. The molecule has 21 heavy (non-hydrogen) atoms. The van der Waals surface area contributed by atoms with E-state index < -0.39 is 0 Å². The van der Waals surface area contributed by atoms with Crippen molar-refractivity contribution in [3.63, 3.8) is 0 Å². The maximum absolute atomic E-state index is 12.4. The Kier molecular flexibility index (Phi) is 3.75. The number of benzene rings is 2. The van der Waals surface area contributed by atoms with Gasteiger partial charge in [-0.3, -0.25) is 4.79 Å². The quantitative estimate of drug-likeness (QED) is 0.902. The number of anilines is 1. The molecule has 0 aliphatic carbocycles. The third-order valence-electron chi connectivity index (χ3n) is 3.31. The molecule has 2 aromatic rings. The number of nitrogens with one attached hydrogen (secondary N) is 1. The Morgan fingerprint density at radius 1 is 1.14 bits per heavy atom. The van der Waals surface area contributed by atoms with Gasteiger partial charge in [0.1, 0.15) is 0 Å². The van der Waals surface area contributed by atoms with E-state index in [-0.39, 0.29) is 12.7 Å². The Morgan fingerprint density at radius 3 is 2.81 bits per heavy atom. The molecule has 2 aromatic carbocycles. The first kappa shape index (κ1) is 13.5. The normalized spacial score (nSPS) is 12.2. The average Bonchev–Trinajstić information content (AvgIpc) is 2.95. The van der Waals surface area contributed by atoms with E-state index in [1.165, 1.54) is 0 Å². The number of carbonyl (C=O) groups is 1. The molecule has 1 heterocycles. The van der Waals surface area contributed by atoms with Gasteiger partial charge in [-0.2, -0.15) is 0 Å². The molecule has 0 saturated heterocycles. The molecule has 0 saturated carbocycles. The number of nitrogens with two attached hydrogens (primary N) is 1. The summed E-state index contributed by atoms with van der Waals surface area (Å²) in [6, 6.07) is 12.8. The van der Waals surface area contributed by atoms with Crippen LogP contribution in [0.25, 0.3) is 0 Å². The summed E-state index contributed by atoms with van der Waals surface area (Å²) >= 11 is 0. The van der Waals surface area contributed by atoms with Crippen molar-refractivity contribution in [3.8, 4) is 11.5 Å². The molecule has 0 spiro atoms. The van der Waals surface area contributed by atoms with Gasteiger partial charge in [0, 0.05) is 17.3 Å².